The Morgan fingerprint density at radius 1 is 1.00 bits per heavy atom. The number of carbonyl (C=O) groups excluding carboxylic acids is 2. The van der Waals surface area contributed by atoms with E-state index in [9.17, 15) is 14.7 Å². The van der Waals surface area contributed by atoms with E-state index in [1.165, 1.54) is 19.3 Å². The molecular weight excluding hydrogens is 175 g/mol. The van der Waals surface area contributed by atoms with E-state index in [2.05, 4.69) is 6.92 Å². The molecule has 0 bridgehead atoms. The smallest absolute Gasteiger partial charge is 0.542 e. The zero-order chi connectivity index (χ0) is 10.1. The fourth-order valence-corrected chi connectivity index (χ4v) is 1.17. The summed E-state index contributed by atoms with van der Waals surface area (Å²) in [6.45, 7) is 2.14. The predicted octanol–water partition coefficient (Wildman–Crippen LogP) is -1.94. The van der Waals surface area contributed by atoms with Gasteiger partial charge in [0.1, 0.15) is 5.97 Å². The first-order valence-corrected chi connectivity index (χ1v) is 4.92. The fourth-order valence-electron chi connectivity index (χ4n) is 1.17. The van der Waals surface area contributed by atoms with Crippen LogP contribution in [0.5, 0.6) is 0 Å². The van der Waals surface area contributed by atoms with Crippen molar-refractivity contribution in [2.24, 2.45) is 0 Å². The topological polar surface area (TPSA) is 57.2 Å². The number of carbonyl (C=O) groups is 2. The second kappa shape index (κ2) is 10.8. The largest absolute Gasteiger partial charge is 1.00 e. The summed E-state index contributed by atoms with van der Waals surface area (Å²) in [7, 11) is 0. The van der Waals surface area contributed by atoms with Gasteiger partial charge in [-0.1, -0.05) is 39.0 Å². The molecule has 3 nitrogen and oxygen atoms in total. The van der Waals surface area contributed by atoms with Gasteiger partial charge in [0.15, 0.2) is 5.78 Å². The standard InChI is InChI=1S/C10H18O3.Li/c1-2-3-4-5-6-7-8-9(11)10(12)13;/h2-8H2,1H3,(H,12,13);/q;+1/p-1. The minimum absolute atomic E-state index is 0. The van der Waals surface area contributed by atoms with Gasteiger partial charge in [0.2, 0.25) is 0 Å². The molecule has 0 radical (unpaired) electrons. The Bertz CT molecular complexity index is 169. The van der Waals surface area contributed by atoms with Crippen molar-refractivity contribution in [2.45, 2.75) is 51.9 Å². The molecule has 14 heavy (non-hydrogen) atoms. The maximum Gasteiger partial charge on any atom is 1.00 e. The van der Waals surface area contributed by atoms with Crippen LogP contribution in [0, 0.1) is 0 Å². The van der Waals surface area contributed by atoms with E-state index in [4.69, 9.17) is 0 Å². The molecule has 0 aromatic heterocycles. The number of Topliss-reactive ketones (excluding diaryl/α,β-unsaturated/α-hetero) is 1. The summed E-state index contributed by atoms with van der Waals surface area (Å²) < 4.78 is 0. The maximum atomic E-state index is 10.6. The van der Waals surface area contributed by atoms with Gasteiger partial charge in [-0.15, -0.1) is 0 Å². The molecule has 4 heteroatoms. The molecule has 0 saturated carbocycles. The average molecular weight is 192 g/mol. The zero-order valence-electron chi connectivity index (χ0n) is 9.17. The number of hydrogen-bond donors (Lipinski definition) is 0. The Kier molecular flexibility index (Phi) is 12.5. The summed E-state index contributed by atoms with van der Waals surface area (Å²) in [5, 5.41) is 10.0. The summed E-state index contributed by atoms with van der Waals surface area (Å²) in [6.07, 6.45) is 6.43. The third kappa shape index (κ3) is 9.82. The predicted molar refractivity (Wildman–Crippen MR) is 48.0 cm³/mol. The number of carboxylic acid groups (broad SMARTS) is 1. The molecule has 0 atom stereocenters. The van der Waals surface area contributed by atoms with E-state index in [1.807, 2.05) is 0 Å². The van der Waals surface area contributed by atoms with Crippen molar-refractivity contribution in [1.82, 2.24) is 0 Å². The van der Waals surface area contributed by atoms with Crippen LogP contribution in [-0.2, 0) is 9.59 Å². The second-order valence-electron chi connectivity index (χ2n) is 3.23. The van der Waals surface area contributed by atoms with Crippen LogP contribution < -0.4 is 24.0 Å². The number of rotatable bonds is 8. The third-order valence-corrected chi connectivity index (χ3v) is 1.99. The van der Waals surface area contributed by atoms with Gasteiger partial charge in [-0.05, 0) is 6.42 Å². The van der Waals surface area contributed by atoms with Crippen LogP contribution in [0.1, 0.15) is 51.9 Å². The van der Waals surface area contributed by atoms with Crippen molar-refractivity contribution in [3.63, 3.8) is 0 Å². The van der Waals surface area contributed by atoms with Gasteiger partial charge in [-0.2, -0.15) is 0 Å². The molecule has 0 aromatic rings. The molecule has 0 heterocycles. The molecule has 0 amide bonds. The van der Waals surface area contributed by atoms with E-state index in [0.29, 0.717) is 6.42 Å². The van der Waals surface area contributed by atoms with Crippen molar-refractivity contribution in [1.29, 1.82) is 0 Å². The van der Waals surface area contributed by atoms with E-state index in [1.54, 1.807) is 0 Å². The van der Waals surface area contributed by atoms with Crippen LogP contribution in [0.4, 0.5) is 0 Å². The maximum absolute atomic E-state index is 10.6. The molecule has 0 saturated heterocycles. The molecule has 76 valence electrons. The van der Waals surface area contributed by atoms with Gasteiger partial charge in [0.25, 0.3) is 0 Å². The van der Waals surface area contributed by atoms with E-state index >= 15 is 0 Å². The van der Waals surface area contributed by atoms with E-state index in [-0.39, 0.29) is 25.3 Å². The molecule has 0 rings (SSSR count). The number of carboxylic acids is 1. The number of aliphatic carboxylic acids is 1. The molecule has 0 aromatic carbocycles. The van der Waals surface area contributed by atoms with Crippen molar-refractivity contribution in [3.05, 3.63) is 0 Å². The number of hydrogen-bond acceptors (Lipinski definition) is 3. The van der Waals surface area contributed by atoms with Crippen LogP contribution in [0.2, 0.25) is 0 Å². The van der Waals surface area contributed by atoms with Crippen LogP contribution >= 0.6 is 0 Å². The van der Waals surface area contributed by atoms with Crippen molar-refractivity contribution >= 4 is 11.8 Å². The minimum Gasteiger partial charge on any atom is -0.542 e. The third-order valence-electron chi connectivity index (χ3n) is 1.99. The summed E-state index contributed by atoms with van der Waals surface area (Å²) in [6, 6.07) is 0. The first kappa shape index (κ1) is 16.2. The molecule has 0 N–H and O–H groups in total. The van der Waals surface area contributed by atoms with Crippen LogP contribution in [0.15, 0.2) is 0 Å². The van der Waals surface area contributed by atoms with Crippen molar-refractivity contribution in [2.75, 3.05) is 0 Å². The van der Waals surface area contributed by atoms with E-state index < -0.39 is 11.8 Å². The Labute approximate surface area is 97.4 Å². The Morgan fingerprint density at radius 2 is 1.50 bits per heavy atom. The average Bonchev–Trinajstić information content (AvgIpc) is 2.10. The first-order valence-electron chi connectivity index (χ1n) is 4.92. The van der Waals surface area contributed by atoms with Crippen LogP contribution in [0.25, 0.3) is 0 Å². The molecule has 0 fully saturated rings. The monoisotopic (exact) mass is 192 g/mol. The normalized spacial score (nSPS) is 9.21. The van der Waals surface area contributed by atoms with Gasteiger partial charge < -0.3 is 9.90 Å². The van der Waals surface area contributed by atoms with Crippen LogP contribution in [0.3, 0.4) is 0 Å². The molecule has 0 aliphatic carbocycles. The van der Waals surface area contributed by atoms with E-state index in [0.717, 1.165) is 12.8 Å². The molecule has 0 unspecified atom stereocenters. The zero-order valence-corrected chi connectivity index (χ0v) is 9.17. The van der Waals surface area contributed by atoms with Crippen molar-refractivity contribution in [3.8, 4) is 0 Å². The molecule has 0 spiro atoms. The minimum atomic E-state index is -1.55. The Morgan fingerprint density at radius 3 is 2.00 bits per heavy atom. The number of ketones is 1. The summed E-state index contributed by atoms with van der Waals surface area (Å²) in [4.78, 5) is 20.6. The molecule has 0 aliphatic rings. The van der Waals surface area contributed by atoms with Gasteiger partial charge in [-0.3, -0.25) is 4.79 Å². The number of unbranched alkanes of at least 4 members (excludes halogenated alkanes) is 5. The second-order valence-corrected chi connectivity index (χ2v) is 3.23. The van der Waals surface area contributed by atoms with Crippen LogP contribution in [-0.4, -0.2) is 11.8 Å². The van der Waals surface area contributed by atoms with Gasteiger partial charge in [-0.25, -0.2) is 0 Å². The SMILES string of the molecule is CCCCCCCCC(=O)C(=O)[O-].[Li+]. The summed E-state index contributed by atoms with van der Waals surface area (Å²) in [5.41, 5.74) is 0. The Balaban J connectivity index is 0. The summed E-state index contributed by atoms with van der Waals surface area (Å²) in [5.74, 6) is -2.32. The fraction of sp³-hybridized carbons (Fsp3) is 0.800. The summed E-state index contributed by atoms with van der Waals surface area (Å²) >= 11 is 0. The van der Waals surface area contributed by atoms with Gasteiger partial charge >= 0.3 is 18.9 Å². The molecular formula is C10H17LiO3. The van der Waals surface area contributed by atoms with Gasteiger partial charge in [0, 0.05) is 6.42 Å². The Hall–Kier alpha value is -0.263. The molecule has 0 aliphatic heterocycles. The van der Waals surface area contributed by atoms with Gasteiger partial charge in [0.05, 0.1) is 0 Å². The van der Waals surface area contributed by atoms with Crippen molar-refractivity contribution < 1.29 is 33.6 Å². The first-order chi connectivity index (χ1) is 6.18. The quantitative estimate of drug-likeness (QED) is 0.255.